The summed E-state index contributed by atoms with van der Waals surface area (Å²) in [5.74, 6) is 2.25. The van der Waals surface area contributed by atoms with Gasteiger partial charge in [-0.05, 0) is 38.5 Å². The van der Waals surface area contributed by atoms with Gasteiger partial charge in [-0.25, -0.2) is 0 Å². The summed E-state index contributed by atoms with van der Waals surface area (Å²) in [4.78, 5) is 0. The van der Waals surface area contributed by atoms with Crippen molar-refractivity contribution in [3.63, 3.8) is 0 Å². The largest absolute Gasteiger partial charge is 0.381 e. The number of hydrogen-bond acceptors (Lipinski definition) is 3. The lowest BCUT2D eigenvalue weighted by Crippen LogP contribution is -2.30. The van der Waals surface area contributed by atoms with Crippen molar-refractivity contribution < 1.29 is 4.74 Å². The van der Waals surface area contributed by atoms with E-state index in [4.69, 9.17) is 4.74 Å². The molecule has 1 heterocycles. The van der Waals surface area contributed by atoms with E-state index in [1.807, 2.05) is 0 Å². The topological polar surface area (TPSA) is 21.3 Å². The molecule has 15 heavy (non-hydrogen) atoms. The van der Waals surface area contributed by atoms with E-state index in [0.29, 0.717) is 0 Å². The van der Waals surface area contributed by atoms with Gasteiger partial charge in [0.15, 0.2) is 0 Å². The minimum Gasteiger partial charge on any atom is -0.381 e. The lowest BCUT2D eigenvalue weighted by molar-refractivity contribution is 0.100. The predicted molar refractivity (Wildman–Crippen MR) is 66.5 cm³/mol. The maximum absolute atomic E-state index is 5.35. The van der Waals surface area contributed by atoms with Crippen LogP contribution in [-0.2, 0) is 4.74 Å². The molecule has 3 heteroatoms. The molecule has 2 aliphatic rings. The van der Waals surface area contributed by atoms with Gasteiger partial charge in [-0.2, -0.15) is 11.8 Å². The van der Waals surface area contributed by atoms with E-state index >= 15 is 0 Å². The van der Waals surface area contributed by atoms with E-state index in [9.17, 15) is 0 Å². The zero-order valence-corrected chi connectivity index (χ0v) is 10.5. The fourth-order valence-corrected chi connectivity index (χ4v) is 3.21. The fraction of sp³-hybridized carbons (Fsp3) is 1.00. The molecule has 0 aromatic carbocycles. The minimum atomic E-state index is 0.750. The molecular formula is C12H23NOS. The number of ether oxygens (including phenoxy) is 1. The summed E-state index contributed by atoms with van der Waals surface area (Å²) in [6.45, 7) is 5.46. The van der Waals surface area contributed by atoms with Crippen LogP contribution in [-0.4, -0.2) is 36.8 Å². The van der Waals surface area contributed by atoms with Crippen LogP contribution in [0.4, 0.5) is 0 Å². The van der Waals surface area contributed by atoms with Gasteiger partial charge in [-0.1, -0.05) is 0 Å². The van der Waals surface area contributed by atoms with Crippen molar-refractivity contribution in [2.45, 2.75) is 43.9 Å². The van der Waals surface area contributed by atoms with Crippen molar-refractivity contribution in [2.75, 3.05) is 25.5 Å². The predicted octanol–water partition coefficient (Wildman–Crippen LogP) is 2.29. The van der Waals surface area contributed by atoms with Crippen LogP contribution in [0.1, 0.15) is 32.6 Å². The molecule has 0 radical (unpaired) electrons. The van der Waals surface area contributed by atoms with Gasteiger partial charge in [0.1, 0.15) is 0 Å². The second-order valence-corrected chi connectivity index (χ2v) is 6.17. The Balaban J connectivity index is 1.46. The number of nitrogens with one attached hydrogen (secondary N) is 1. The highest BCUT2D eigenvalue weighted by atomic mass is 32.2. The van der Waals surface area contributed by atoms with Gasteiger partial charge in [0.25, 0.3) is 0 Å². The molecule has 0 aromatic heterocycles. The Morgan fingerprint density at radius 3 is 2.67 bits per heavy atom. The molecule has 1 N–H and O–H groups in total. The molecule has 1 atom stereocenters. The Labute approximate surface area is 97.5 Å². The Morgan fingerprint density at radius 1 is 1.27 bits per heavy atom. The molecule has 2 fully saturated rings. The quantitative estimate of drug-likeness (QED) is 0.706. The molecule has 0 bridgehead atoms. The second kappa shape index (κ2) is 6.12. The van der Waals surface area contributed by atoms with Crippen LogP contribution in [0.25, 0.3) is 0 Å². The first kappa shape index (κ1) is 11.7. The number of hydrogen-bond donors (Lipinski definition) is 1. The van der Waals surface area contributed by atoms with Crippen molar-refractivity contribution in [2.24, 2.45) is 5.92 Å². The van der Waals surface area contributed by atoms with Crippen LogP contribution < -0.4 is 5.32 Å². The molecule has 0 aromatic rings. The molecule has 1 saturated heterocycles. The summed E-state index contributed by atoms with van der Waals surface area (Å²) in [7, 11) is 0. The Hall–Kier alpha value is 0.270. The molecule has 2 nitrogen and oxygen atoms in total. The SMILES string of the molecule is CC(NCCSC1CCOCC1)C1CC1. The Kier molecular flexibility index (Phi) is 4.79. The molecule has 2 rings (SSSR count). The number of rotatable bonds is 6. The van der Waals surface area contributed by atoms with Gasteiger partial charge in [0, 0.05) is 36.8 Å². The third-order valence-electron chi connectivity index (χ3n) is 3.42. The van der Waals surface area contributed by atoms with Gasteiger partial charge in [-0.15, -0.1) is 0 Å². The first-order chi connectivity index (χ1) is 7.36. The first-order valence-corrected chi connectivity index (χ1v) is 7.34. The van der Waals surface area contributed by atoms with Gasteiger partial charge in [0.05, 0.1) is 0 Å². The zero-order chi connectivity index (χ0) is 10.5. The number of thioether (sulfide) groups is 1. The minimum absolute atomic E-state index is 0.750. The van der Waals surface area contributed by atoms with E-state index in [0.717, 1.165) is 30.4 Å². The lowest BCUT2D eigenvalue weighted by atomic mass is 10.2. The maximum atomic E-state index is 5.35. The summed E-state index contributed by atoms with van der Waals surface area (Å²) in [6.07, 6.45) is 5.40. The zero-order valence-electron chi connectivity index (χ0n) is 9.71. The lowest BCUT2D eigenvalue weighted by Gasteiger charge is -2.22. The summed E-state index contributed by atoms with van der Waals surface area (Å²) in [5, 5.41) is 4.49. The average molecular weight is 229 g/mol. The van der Waals surface area contributed by atoms with Crippen molar-refractivity contribution in [3.05, 3.63) is 0 Å². The maximum Gasteiger partial charge on any atom is 0.0476 e. The first-order valence-electron chi connectivity index (χ1n) is 6.29. The summed E-state index contributed by atoms with van der Waals surface area (Å²) in [6, 6.07) is 0.750. The second-order valence-electron chi connectivity index (χ2n) is 4.76. The fourth-order valence-electron chi connectivity index (χ4n) is 2.12. The molecule has 88 valence electrons. The van der Waals surface area contributed by atoms with Crippen LogP contribution in [0, 0.1) is 5.92 Å². The van der Waals surface area contributed by atoms with E-state index in [1.165, 1.54) is 38.0 Å². The van der Waals surface area contributed by atoms with Gasteiger partial charge in [-0.3, -0.25) is 0 Å². The van der Waals surface area contributed by atoms with E-state index < -0.39 is 0 Å². The molecule has 1 aliphatic carbocycles. The van der Waals surface area contributed by atoms with Crippen molar-refractivity contribution >= 4 is 11.8 Å². The smallest absolute Gasteiger partial charge is 0.0476 e. The standard InChI is InChI=1S/C12H23NOS/c1-10(11-2-3-11)13-6-9-15-12-4-7-14-8-5-12/h10-13H,2-9H2,1H3. The molecule has 1 aliphatic heterocycles. The summed E-state index contributed by atoms with van der Waals surface area (Å²) in [5.41, 5.74) is 0. The highest BCUT2D eigenvalue weighted by Crippen LogP contribution is 2.32. The van der Waals surface area contributed by atoms with Crippen molar-refractivity contribution in [3.8, 4) is 0 Å². The highest BCUT2D eigenvalue weighted by Gasteiger charge is 2.27. The van der Waals surface area contributed by atoms with Crippen LogP contribution in [0.5, 0.6) is 0 Å². The third kappa shape index (κ3) is 4.33. The van der Waals surface area contributed by atoms with E-state index in [2.05, 4.69) is 24.0 Å². The van der Waals surface area contributed by atoms with E-state index in [1.54, 1.807) is 0 Å². The molecule has 1 unspecified atom stereocenters. The average Bonchev–Trinajstić information content (AvgIpc) is 3.09. The molecule has 0 amide bonds. The molecular weight excluding hydrogens is 206 g/mol. The van der Waals surface area contributed by atoms with Crippen molar-refractivity contribution in [1.29, 1.82) is 0 Å². The summed E-state index contributed by atoms with van der Waals surface area (Å²) >= 11 is 2.13. The van der Waals surface area contributed by atoms with Gasteiger partial charge >= 0.3 is 0 Å². The van der Waals surface area contributed by atoms with Gasteiger partial charge in [0.2, 0.25) is 0 Å². The highest BCUT2D eigenvalue weighted by molar-refractivity contribution is 7.99. The van der Waals surface area contributed by atoms with Crippen LogP contribution in [0.3, 0.4) is 0 Å². The normalized spacial score (nSPS) is 25.4. The van der Waals surface area contributed by atoms with Crippen LogP contribution >= 0.6 is 11.8 Å². The third-order valence-corrected chi connectivity index (χ3v) is 4.80. The van der Waals surface area contributed by atoms with E-state index in [-0.39, 0.29) is 0 Å². The Bertz CT molecular complexity index is 178. The van der Waals surface area contributed by atoms with Crippen LogP contribution in [0.15, 0.2) is 0 Å². The molecule has 1 saturated carbocycles. The van der Waals surface area contributed by atoms with Gasteiger partial charge < -0.3 is 10.1 Å². The molecule has 0 spiro atoms. The monoisotopic (exact) mass is 229 g/mol. The Morgan fingerprint density at radius 2 is 2.00 bits per heavy atom. The van der Waals surface area contributed by atoms with Crippen LogP contribution in [0.2, 0.25) is 0 Å². The summed E-state index contributed by atoms with van der Waals surface area (Å²) < 4.78 is 5.35. The van der Waals surface area contributed by atoms with Crippen molar-refractivity contribution in [1.82, 2.24) is 5.32 Å².